The molecule has 1 aliphatic heterocycles. The number of rotatable bonds is 4. The number of amides is 2. The Morgan fingerprint density at radius 3 is 2.31 bits per heavy atom. The van der Waals surface area contributed by atoms with Gasteiger partial charge in [0.2, 0.25) is 5.91 Å². The average Bonchev–Trinajstić information content (AvgIpc) is 3.06. The predicted molar refractivity (Wildman–Crippen MR) is 97.6 cm³/mol. The van der Waals surface area contributed by atoms with Crippen LogP contribution in [0.4, 0.5) is 5.82 Å². The van der Waals surface area contributed by atoms with Crippen LogP contribution in [-0.2, 0) is 11.8 Å². The highest BCUT2D eigenvalue weighted by Crippen LogP contribution is 2.29. The van der Waals surface area contributed by atoms with E-state index in [1.165, 1.54) is 0 Å². The number of nitrogens with one attached hydrogen (secondary N) is 1. The molecule has 1 N–H and O–H groups in total. The van der Waals surface area contributed by atoms with E-state index in [4.69, 9.17) is 0 Å². The lowest BCUT2D eigenvalue weighted by Gasteiger charge is -2.42. The molecule has 8 nitrogen and oxygen atoms in total. The minimum Gasteiger partial charge on any atom is -0.356 e. The van der Waals surface area contributed by atoms with Crippen LogP contribution in [0.5, 0.6) is 0 Å². The first-order valence-electron chi connectivity index (χ1n) is 8.60. The normalized spacial score (nSPS) is 16.2. The largest absolute Gasteiger partial charge is 0.356 e. The molecule has 0 aliphatic carbocycles. The molecule has 1 saturated heterocycles. The second-order valence-electron chi connectivity index (χ2n) is 6.77. The van der Waals surface area contributed by atoms with E-state index in [9.17, 15) is 9.59 Å². The number of aryl methyl sites for hydroxylation is 1. The number of aromatic nitrogens is 3. The van der Waals surface area contributed by atoms with E-state index < -0.39 is 5.54 Å². The molecule has 138 valence electrons. The van der Waals surface area contributed by atoms with E-state index in [-0.39, 0.29) is 11.8 Å². The lowest BCUT2D eigenvalue weighted by molar-refractivity contribution is -0.135. The SMILES string of the molecule is CN(C)C(=O)C1(Nc2ccnn2C)CCN(C(=O)c2ccncc2)CC1. The number of piperidine rings is 1. The van der Waals surface area contributed by atoms with Gasteiger partial charge in [-0.25, -0.2) is 0 Å². The van der Waals surface area contributed by atoms with Gasteiger partial charge in [-0.05, 0) is 25.0 Å². The number of carbonyl (C=O) groups is 2. The Kier molecular flexibility index (Phi) is 4.92. The number of hydrogen-bond donors (Lipinski definition) is 1. The van der Waals surface area contributed by atoms with Crippen LogP contribution in [0.15, 0.2) is 36.8 Å². The summed E-state index contributed by atoms with van der Waals surface area (Å²) < 4.78 is 1.71. The molecule has 3 rings (SSSR count). The lowest BCUT2D eigenvalue weighted by Crippen LogP contribution is -2.58. The van der Waals surface area contributed by atoms with Gasteiger partial charge in [0, 0.05) is 58.3 Å². The predicted octanol–water partition coefficient (Wildman–Crippen LogP) is 0.990. The molecule has 0 bridgehead atoms. The summed E-state index contributed by atoms with van der Waals surface area (Å²) in [6.07, 6.45) is 5.98. The van der Waals surface area contributed by atoms with Crippen LogP contribution in [0.1, 0.15) is 23.2 Å². The number of nitrogens with zero attached hydrogens (tertiary/aromatic N) is 5. The third-order valence-corrected chi connectivity index (χ3v) is 4.84. The molecule has 2 amide bonds. The van der Waals surface area contributed by atoms with Crippen LogP contribution >= 0.6 is 0 Å². The molecule has 3 heterocycles. The first-order chi connectivity index (χ1) is 12.4. The zero-order valence-corrected chi connectivity index (χ0v) is 15.3. The van der Waals surface area contributed by atoms with Crippen LogP contribution in [0, 0.1) is 0 Å². The van der Waals surface area contributed by atoms with Crippen molar-refractivity contribution in [2.24, 2.45) is 7.05 Å². The molecule has 0 unspecified atom stereocenters. The van der Waals surface area contributed by atoms with E-state index >= 15 is 0 Å². The van der Waals surface area contributed by atoms with Gasteiger partial charge in [0.1, 0.15) is 11.4 Å². The van der Waals surface area contributed by atoms with E-state index in [1.54, 1.807) is 59.3 Å². The summed E-state index contributed by atoms with van der Waals surface area (Å²) in [6, 6.07) is 5.27. The number of hydrogen-bond acceptors (Lipinski definition) is 5. The summed E-state index contributed by atoms with van der Waals surface area (Å²) in [5.41, 5.74) is -0.127. The van der Waals surface area contributed by atoms with Crippen molar-refractivity contribution in [2.75, 3.05) is 32.5 Å². The Morgan fingerprint density at radius 2 is 1.77 bits per heavy atom. The minimum absolute atomic E-state index is 0.00899. The first kappa shape index (κ1) is 17.9. The summed E-state index contributed by atoms with van der Waals surface area (Å²) in [5, 5.41) is 7.54. The molecule has 0 saturated carbocycles. The number of likely N-dealkylation sites (tertiary alicyclic amines) is 1. The standard InChI is InChI=1S/C18H24N6O2/c1-22(2)17(26)18(21-15-6-11-20-23(15)3)7-12-24(13-8-18)16(25)14-4-9-19-10-5-14/h4-6,9-11,21H,7-8,12-13H2,1-3H3. The second-order valence-corrected chi connectivity index (χ2v) is 6.77. The van der Waals surface area contributed by atoms with Gasteiger partial charge >= 0.3 is 0 Å². The Balaban J connectivity index is 1.78. The summed E-state index contributed by atoms with van der Waals surface area (Å²) >= 11 is 0. The van der Waals surface area contributed by atoms with E-state index in [1.807, 2.05) is 13.1 Å². The summed E-state index contributed by atoms with van der Waals surface area (Å²) in [4.78, 5) is 32.9. The number of likely N-dealkylation sites (N-methyl/N-ethyl adjacent to an activating group) is 1. The van der Waals surface area contributed by atoms with Crippen molar-refractivity contribution in [1.29, 1.82) is 0 Å². The van der Waals surface area contributed by atoms with Crippen LogP contribution in [0.2, 0.25) is 0 Å². The Hall–Kier alpha value is -2.90. The molecular formula is C18H24N6O2. The van der Waals surface area contributed by atoms with Crippen molar-refractivity contribution in [1.82, 2.24) is 24.6 Å². The topological polar surface area (TPSA) is 83.4 Å². The van der Waals surface area contributed by atoms with E-state index in [0.717, 1.165) is 5.82 Å². The summed E-state index contributed by atoms with van der Waals surface area (Å²) in [6.45, 7) is 1.01. The third-order valence-electron chi connectivity index (χ3n) is 4.84. The zero-order chi connectivity index (χ0) is 18.7. The van der Waals surface area contributed by atoms with Crippen LogP contribution in [0.3, 0.4) is 0 Å². The molecule has 0 atom stereocenters. The Labute approximate surface area is 152 Å². The van der Waals surface area contributed by atoms with Crippen LogP contribution in [0.25, 0.3) is 0 Å². The molecule has 8 heteroatoms. The number of anilines is 1. The fourth-order valence-electron chi connectivity index (χ4n) is 3.33. The van der Waals surface area contributed by atoms with Crippen LogP contribution in [-0.4, -0.2) is 69.1 Å². The highest BCUT2D eigenvalue weighted by molar-refractivity contribution is 5.95. The van der Waals surface area contributed by atoms with Crippen molar-refractivity contribution in [3.8, 4) is 0 Å². The van der Waals surface area contributed by atoms with Gasteiger partial charge in [-0.2, -0.15) is 5.10 Å². The Morgan fingerprint density at radius 1 is 1.12 bits per heavy atom. The molecule has 0 radical (unpaired) electrons. The molecule has 1 aliphatic rings. The maximum Gasteiger partial charge on any atom is 0.253 e. The quantitative estimate of drug-likeness (QED) is 0.883. The third kappa shape index (κ3) is 3.40. The lowest BCUT2D eigenvalue weighted by atomic mass is 9.85. The van der Waals surface area contributed by atoms with Crippen molar-refractivity contribution in [3.63, 3.8) is 0 Å². The van der Waals surface area contributed by atoms with Gasteiger partial charge in [0.05, 0.1) is 6.20 Å². The van der Waals surface area contributed by atoms with Gasteiger partial charge in [-0.1, -0.05) is 0 Å². The van der Waals surface area contributed by atoms with Gasteiger partial charge < -0.3 is 15.1 Å². The molecule has 0 aromatic carbocycles. The summed E-state index contributed by atoms with van der Waals surface area (Å²) in [7, 11) is 5.34. The van der Waals surface area contributed by atoms with Gasteiger partial charge in [0.25, 0.3) is 5.91 Å². The number of carbonyl (C=O) groups excluding carboxylic acids is 2. The monoisotopic (exact) mass is 356 g/mol. The molecule has 2 aromatic heterocycles. The maximum atomic E-state index is 12.9. The molecule has 2 aromatic rings. The highest BCUT2D eigenvalue weighted by Gasteiger charge is 2.43. The van der Waals surface area contributed by atoms with E-state index in [0.29, 0.717) is 31.5 Å². The van der Waals surface area contributed by atoms with Crippen LogP contribution < -0.4 is 5.32 Å². The fraction of sp³-hybridized carbons (Fsp3) is 0.444. The maximum absolute atomic E-state index is 12.9. The zero-order valence-electron chi connectivity index (χ0n) is 15.3. The Bertz CT molecular complexity index is 778. The second kappa shape index (κ2) is 7.15. The highest BCUT2D eigenvalue weighted by atomic mass is 16.2. The van der Waals surface area contributed by atoms with Crippen molar-refractivity contribution < 1.29 is 9.59 Å². The van der Waals surface area contributed by atoms with Crippen molar-refractivity contribution >= 4 is 17.6 Å². The van der Waals surface area contributed by atoms with Gasteiger partial charge in [-0.3, -0.25) is 19.3 Å². The fourth-order valence-corrected chi connectivity index (χ4v) is 3.33. The van der Waals surface area contributed by atoms with Crippen molar-refractivity contribution in [3.05, 3.63) is 42.4 Å². The smallest absolute Gasteiger partial charge is 0.253 e. The number of pyridine rings is 1. The minimum atomic E-state index is -0.744. The van der Waals surface area contributed by atoms with Crippen molar-refractivity contribution in [2.45, 2.75) is 18.4 Å². The molecule has 1 fully saturated rings. The molecular weight excluding hydrogens is 332 g/mol. The van der Waals surface area contributed by atoms with Gasteiger partial charge in [0.15, 0.2) is 0 Å². The summed E-state index contributed by atoms with van der Waals surface area (Å²) in [5.74, 6) is 0.766. The average molecular weight is 356 g/mol. The first-order valence-corrected chi connectivity index (χ1v) is 8.60. The van der Waals surface area contributed by atoms with E-state index in [2.05, 4.69) is 15.4 Å². The molecule has 26 heavy (non-hydrogen) atoms. The van der Waals surface area contributed by atoms with Gasteiger partial charge in [-0.15, -0.1) is 0 Å². The molecule has 0 spiro atoms.